The molecule has 0 saturated carbocycles. The second-order valence-electron chi connectivity index (χ2n) is 5.23. The van der Waals surface area contributed by atoms with Gasteiger partial charge < -0.3 is 15.7 Å². The Morgan fingerprint density at radius 1 is 1.24 bits per heavy atom. The summed E-state index contributed by atoms with van der Waals surface area (Å²) in [7, 11) is 0. The van der Waals surface area contributed by atoms with Crippen molar-refractivity contribution in [2.24, 2.45) is 11.8 Å². The van der Waals surface area contributed by atoms with Gasteiger partial charge in [-0.3, -0.25) is 4.79 Å². The lowest BCUT2D eigenvalue weighted by atomic mass is 9.97. The van der Waals surface area contributed by atoms with Gasteiger partial charge in [0.1, 0.15) is 0 Å². The van der Waals surface area contributed by atoms with Gasteiger partial charge in [-0.25, -0.2) is 4.79 Å². The van der Waals surface area contributed by atoms with Crippen LogP contribution in [0.25, 0.3) is 0 Å². The largest absolute Gasteiger partial charge is 0.481 e. The normalized spacial score (nSPS) is 12.0. The van der Waals surface area contributed by atoms with E-state index in [-0.39, 0.29) is 18.5 Å². The molecule has 21 heavy (non-hydrogen) atoms. The smallest absolute Gasteiger partial charge is 0.319 e. The summed E-state index contributed by atoms with van der Waals surface area (Å²) in [6.45, 7) is 4.05. The molecule has 3 N–H and O–H groups in total. The summed E-state index contributed by atoms with van der Waals surface area (Å²) in [6, 6.07) is 7.07. The summed E-state index contributed by atoms with van der Waals surface area (Å²) >= 11 is 1.63. The molecule has 0 aromatic heterocycles. The Morgan fingerprint density at radius 3 is 2.33 bits per heavy atom. The topological polar surface area (TPSA) is 78.4 Å². The van der Waals surface area contributed by atoms with E-state index in [0.29, 0.717) is 12.1 Å². The van der Waals surface area contributed by atoms with E-state index in [1.54, 1.807) is 11.8 Å². The van der Waals surface area contributed by atoms with Crippen LogP contribution in [0.5, 0.6) is 0 Å². The minimum absolute atomic E-state index is 0.127. The highest BCUT2D eigenvalue weighted by atomic mass is 32.2. The maximum absolute atomic E-state index is 11.8. The third-order valence-electron chi connectivity index (χ3n) is 2.96. The van der Waals surface area contributed by atoms with Gasteiger partial charge in [-0.05, 0) is 42.9 Å². The minimum atomic E-state index is -0.881. The van der Waals surface area contributed by atoms with Crippen molar-refractivity contribution in [2.75, 3.05) is 18.1 Å². The van der Waals surface area contributed by atoms with Gasteiger partial charge in [0, 0.05) is 17.1 Å². The van der Waals surface area contributed by atoms with Crippen molar-refractivity contribution in [1.82, 2.24) is 5.32 Å². The summed E-state index contributed by atoms with van der Waals surface area (Å²) in [5.41, 5.74) is 0.682. The third-order valence-corrected chi connectivity index (χ3v) is 3.71. The van der Waals surface area contributed by atoms with Gasteiger partial charge >= 0.3 is 12.0 Å². The third kappa shape index (κ3) is 6.53. The average molecular weight is 310 g/mol. The maximum Gasteiger partial charge on any atom is 0.319 e. The van der Waals surface area contributed by atoms with Crippen LogP contribution in [0.3, 0.4) is 0 Å². The predicted molar refractivity (Wildman–Crippen MR) is 85.8 cm³/mol. The fraction of sp³-hybridized carbons (Fsp3) is 0.467. The number of carboxylic acid groups (broad SMARTS) is 1. The number of hydrogen-bond donors (Lipinski definition) is 3. The molecule has 0 saturated heterocycles. The SMILES string of the molecule is CSc1ccc(NC(=O)NCC(CC(C)C)C(=O)O)cc1. The number of anilines is 1. The second-order valence-corrected chi connectivity index (χ2v) is 6.11. The van der Waals surface area contributed by atoms with E-state index in [1.807, 2.05) is 44.4 Å². The first kappa shape index (κ1) is 17.4. The molecular formula is C15H22N2O3S. The van der Waals surface area contributed by atoms with Crippen molar-refractivity contribution in [1.29, 1.82) is 0 Å². The van der Waals surface area contributed by atoms with Gasteiger partial charge in [-0.15, -0.1) is 11.8 Å². The molecule has 0 heterocycles. The number of amides is 2. The summed E-state index contributed by atoms with van der Waals surface area (Å²) in [4.78, 5) is 24.0. The molecular weight excluding hydrogens is 288 g/mol. The Bertz CT molecular complexity index is 474. The van der Waals surface area contributed by atoms with Gasteiger partial charge in [-0.2, -0.15) is 0 Å². The summed E-state index contributed by atoms with van der Waals surface area (Å²) in [5.74, 6) is -1.17. The molecule has 0 aliphatic carbocycles. The lowest BCUT2D eigenvalue weighted by Crippen LogP contribution is -2.36. The number of thioether (sulfide) groups is 1. The van der Waals surface area contributed by atoms with Gasteiger partial charge in [0.05, 0.1) is 5.92 Å². The van der Waals surface area contributed by atoms with Crippen molar-refractivity contribution in [2.45, 2.75) is 25.2 Å². The highest BCUT2D eigenvalue weighted by Crippen LogP contribution is 2.17. The number of rotatable bonds is 7. The van der Waals surface area contributed by atoms with Crippen molar-refractivity contribution < 1.29 is 14.7 Å². The Kier molecular flexibility index (Phi) is 7.08. The Labute approximate surface area is 129 Å². The van der Waals surface area contributed by atoms with E-state index in [2.05, 4.69) is 10.6 Å². The fourth-order valence-electron chi connectivity index (χ4n) is 1.91. The number of aliphatic carboxylic acids is 1. The zero-order valence-corrected chi connectivity index (χ0v) is 13.4. The van der Waals surface area contributed by atoms with Crippen LogP contribution in [0.15, 0.2) is 29.2 Å². The van der Waals surface area contributed by atoms with Gasteiger partial charge in [0.25, 0.3) is 0 Å². The number of nitrogens with one attached hydrogen (secondary N) is 2. The van der Waals surface area contributed by atoms with Crippen LogP contribution in [0, 0.1) is 11.8 Å². The molecule has 0 aliphatic heterocycles. The molecule has 1 rings (SSSR count). The van der Waals surface area contributed by atoms with Crippen LogP contribution in [0.1, 0.15) is 20.3 Å². The van der Waals surface area contributed by atoms with E-state index >= 15 is 0 Å². The zero-order valence-electron chi connectivity index (χ0n) is 12.6. The molecule has 6 heteroatoms. The number of hydrogen-bond acceptors (Lipinski definition) is 3. The average Bonchev–Trinajstić information content (AvgIpc) is 2.43. The molecule has 0 aliphatic rings. The number of carbonyl (C=O) groups excluding carboxylic acids is 1. The molecule has 0 bridgehead atoms. The van der Waals surface area contributed by atoms with E-state index < -0.39 is 11.9 Å². The Morgan fingerprint density at radius 2 is 1.86 bits per heavy atom. The Hall–Kier alpha value is -1.69. The molecule has 2 amide bonds. The van der Waals surface area contributed by atoms with Crippen LogP contribution >= 0.6 is 11.8 Å². The van der Waals surface area contributed by atoms with E-state index in [4.69, 9.17) is 5.11 Å². The van der Waals surface area contributed by atoms with E-state index in [1.165, 1.54) is 0 Å². The number of urea groups is 1. The summed E-state index contributed by atoms with van der Waals surface area (Å²) < 4.78 is 0. The lowest BCUT2D eigenvalue weighted by molar-refractivity contribution is -0.142. The van der Waals surface area contributed by atoms with Gasteiger partial charge in [0.2, 0.25) is 0 Å². The summed E-state index contributed by atoms with van der Waals surface area (Å²) in [5, 5.41) is 14.4. The van der Waals surface area contributed by atoms with Crippen LogP contribution in [-0.2, 0) is 4.79 Å². The molecule has 116 valence electrons. The first-order valence-electron chi connectivity index (χ1n) is 6.84. The maximum atomic E-state index is 11.8. The highest BCUT2D eigenvalue weighted by Gasteiger charge is 2.19. The standard InChI is InChI=1S/C15H22N2O3S/c1-10(2)8-11(14(18)19)9-16-15(20)17-12-4-6-13(21-3)7-5-12/h4-7,10-11H,8-9H2,1-3H3,(H,18,19)(H2,16,17,20). The van der Waals surface area contributed by atoms with Gasteiger partial charge in [-0.1, -0.05) is 13.8 Å². The lowest BCUT2D eigenvalue weighted by Gasteiger charge is -2.15. The molecule has 1 atom stereocenters. The first-order chi connectivity index (χ1) is 9.92. The molecule has 1 aromatic rings. The van der Waals surface area contributed by atoms with Crippen LogP contribution in [0.4, 0.5) is 10.5 Å². The van der Waals surface area contributed by atoms with Crippen molar-refractivity contribution in [3.05, 3.63) is 24.3 Å². The highest BCUT2D eigenvalue weighted by molar-refractivity contribution is 7.98. The minimum Gasteiger partial charge on any atom is -0.481 e. The monoisotopic (exact) mass is 310 g/mol. The molecule has 1 aromatic carbocycles. The fourth-order valence-corrected chi connectivity index (χ4v) is 2.31. The van der Waals surface area contributed by atoms with Crippen LogP contribution in [0.2, 0.25) is 0 Å². The van der Waals surface area contributed by atoms with E-state index in [9.17, 15) is 9.59 Å². The Balaban J connectivity index is 2.46. The van der Waals surface area contributed by atoms with Crippen LogP contribution < -0.4 is 10.6 Å². The predicted octanol–water partition coefficient (Wildman–Crippen LogP) is 3.28. The van der Waals surface area contributed by atoms with Crippen molar-refractivity contribution in [3.8, 4) is 0 Å². The number of benzene rings is 1. The molecule has 1 unspecified atom stereocenters. The van der Waals surface area contributed by atoms with Crippen LogP contribution in [-0.4, -0.2) is 29.9 Å². The molecule has 0 radical (unpaired) electrons. The number of carbonyl (C=O) groups is 2. The quantitative estimate of drug-likeness (QED) is 0.675. The van der Waals surface area contributed by atoms with Gasteiger partial charge in [0.15, 0.2) is 0 Å². The van der Waals surface area contributed by atoms with Crippen molar-refractivity contribution >= 4 is 29.4 Å². The molecule has 0 spiro atoms. The summed E-state index contributed by atoms with van der Waals surface area (Å²) in [6.07, 6.45) is 2.52. The first-order valence-corrected chi connectivity index (χ1v) is 8.06. The number of carboxylic acids is 1. The van der Waals surface area contributed by atoms with Crippen molar-refractivity contribution in [3.63, 3.8) is 0 Å². The zero-order chi connectivity index (χ0) is 15.8. The second kappa shape index (κ2) is 8.56. The molecule has 0 fully saturated rings. The van der Waals surface area contributed by atoms with E-state index in [0.717, 1.165) is 4.90 Å². The molecule has 5 nitrogen and oxygen atoms in total.